The molecule has 0 bridgehead atoms. The van der Waals surface area contributed by atoms with Crippen LogP contribution in [0.3, 0.4) is 0 Å². The van der Waals surface area contributed by atoms with Crippen LogP contribution in [0.5, 0.6) is 11.5 Å². The molecule has 1 aliphatic rings. The van der Waals surface area contributed by atoms with E-state index in [0.29, 0.717) is 11.5 Å². The van der Waals surface area contributed by atoms with Crippen LogP contribution in [-0.2, 0) is 37.3 Å². The second kappa shape index (κ2) is 16.2. The normalized spacial score (nSPS) is 13.4. The molecule has 0 spiro atoms. The van der Waals surface area contributed by atoms with Crippen molar-refractivity contribution in [2.75, 3.05) is 9.80 Å². The average Bonchev–Trinajstić information content (AvgIpc) is 3.84. The third kappa shape index (κ3) is 8.17. The number of hydrogen-bond acceptors (Lipinski definition) is 4. The fourth-order valence-corrected chi connectivity index (χ4v) is 8.08. The van der Waals surface area contributed by atoms with E-state index in [1.54, 1.807) is 0 Å². The van der Waals surface area contributed by atoms with E-state index in [1.807, 2.05) is 24.4 Å². The molecule has 9 rings (SSSR count). The topological polar surface area (TPSA) is 33.5 Å². The Morgan fingerprint density at radius 1 is 0.574 bits per heavy atom. The van der Waals surface area contributed by atoms with E-state index in [1.165, 1.54) is 22.3 Å². The summed E-state index contributed by atoms with van der Waals surface area (Å²) < 4.78 is 8.82. The second-order valence-corrected chi connectivity index (χ2v) is 18.4. The molecule has 0 unspecified atom stereocenters. The van der Waals surface area contributed by atoms with Crippen molar-refractivity contribution in [3.05, 3.63) is 205 Å². The minimum Gasteiger partial charge on any atom is -0.509 e. The van der Waals surface area contributed by atoms with E-state index < -0.39 is 0 Å². The van der Waals surface area contributed by atoms with Crippen molar-refractivity contribution in [2.45, 2.75) is 71.6 Å². The first kappa shape index (κ1) is 41.8. The molecular weight excluding hydrogens is 928 g/mol. The van der Waals surface area contributed by atoms with Crippen molar-refractivity contribution >= 4 is 38.9 Å². The van der Waals surface area contributed by atoms with Crippen molar-refractivity contribution in [2.24, 2.45) is 0 Å². The molecule has 5 nitrogen and oxygen atoms in total. The van der Waals surface area contributed by atoms with E-state index in [4.69, 9.17) is 9.72 Å². The number of pyridine rings is 1. The van der Waals surface area contributed by atoms with Crippen LogP contribution in [0.1, 0.15) is 83.2 Å². The Morgan fingerprint density at radius 2 is 1.23 bits per heavy atom. The van der Waals surface area contributed by atoms with Crippen molar-refractivity contribution in [1.29, 1.82) is 0 Å². The van der Waals surface area contributed by atoms with Crippen LogP contribution in [0.4, 0.5) is 11.4 Å². The molecule has 2 aromatic heterocycles. The zero-order valence-electron chi connectivity index (χ0n) is 36.1. The van der Waals surface area contributed by atoms with Gasteiger partial charge in [-0.1, -0.05) is 146 Å². The van der Waals surface area contributed by atoms with Crippen molar-refractivity contribution < 1.29 is 25.8 Å². The third-order valence-electron chi connectivity index (χ3n) is 11.8. The van der Waals surface area contributed by atoms with E-state index in [-0.39, 0.29) is 37.3 Å². The SMILES string of the molecule is CC(C)(C)c1cc(N2[CH-]N(c3[c-]c(Oc4[c-]c5c(cc4)c4ccccc4n5-c4cc(C(C)(C)c5ccccc5)ccn4)ccc3)C=C2c2ccccc2)cc(C(C)(C)C)c1.[Pt]. The maximum absolute atomic E-state index is 6.62. The average molecular weight is 979 g/mol. The summed E-state index contributed by atoms with van der Waals surface area (Å²) in [5.74, 6) is 2.03. The molecule has 6 aromatic carbocycles. The predicted octanol–water partition coefficient (Wildman–Crippen LogP) is 13.9. The number of nitrogens with zero attached hydrogens (tertiary/aromatic N) is 4. The molecule has 0 fully saturated rings. The zero-order chi connectivity index (χ0) is 41.8. The molecule has 0 saturated carbocycles. The maximum atomic E-state index is 6.62. The smallest absolute Gasteiger partial charge is 0.135 e. The molecular formula is C55H51N4OPt-3. The third-order valence-corrected chi connectivity index (χ3v) is 11.8. The van der Waals surface area contributed by atoms with Gasteiger partial charge in [-0.25, -0.2) is 4.98 Å². The first-order chi connectivity index (χ1) is 28.7. The number of para-hydroxylation sites is 1. The van der Waals surface area contributed by atoms with Crippen LogP contribution in [0, 0.1) is 18.8 Å². The van der Waals surface area contributed by atoms with Gasteiger partial charge in [0, 0.05) is 61.1 Å². The summed E-state index contributed by atoms with van der Waals surface area (Å²) in [4.78, 5) is 9.36. The predicted molar refractivity (Wildman–Crippen MR) is 249 cm³/mol. The quantitative estimate of drug-likeness (QED) is 0.142. The van der Waals surface area contributed by atoms with Gasteiger partial charge in [-0.3, -0.25) is 0 Å². The van der Waals surface area contributed by atoms with E-state index in [9.17, 15) is 0 Å². The molecule has 0 N–H and O–H groups in total. The summed E-state index contributed by atoms with van der Waals surface area (Å²) in [5, 5.41) is 2.22. The van der Waals surface area contributed by atoms with Crippen LogP contribution >= 0.6 is 0 Å². The molecule has 310 valence electrons. The fraction of sp³-hybridized carbons (Fsp3) is 0.200. The standard InChI is InChI=1S/C55H51N4O.Pt/c1-53(2,3)41-30-42(54(4,5)6)32-44(31-41)58-37-57(36-51(58)38-18-11-9-12-19-38)43-22-17-23-45(34-43)60-46-26-27-48-47-24-15-16-25-49(47)59(50(48)35-46)52-33-40(28-29-56-52)55(7,8)39-20-13-10-14-21-39;/h9-33,36-37H,1-8H3;/q-3;. The van der Waals surface area contributed by atoms with Gasteiger partial charge in [0.1, 0.15) is 5.82 Å². The van der Waals surface area contributed by atoms with Gasteiger partial charge in [-0.05, 0) is 80.6 Å². The molecule has 61 heavy (non-hydrogen) atoms. The van der Waals surface area contributed by atoms with Crippen LogP contribution in [0.25, 0.3) is 33.3 Å². The van der Waals surface area contributed by atoms with Gasteiger partial charge < -0.3 is 19.1 Å². The minimum atomic E-state index is -0.219. The Kier molecular flexibility index (Phi) is 11.1. The molecule has 3 heterocycles. The molecule has 0 saturated heterocycles. The summed E-state index contributed by atoms with van der Waals surface area (Å²) in [6, 6.07) is 58.4. The van der Waals surface area contributed by atoms with Crippen molar-refractivity contribution in [1.82, 2.24) is 9.55 Å². The van der Waals surface area contributed by atoms with Crippen molar-refractivity contribution in [3.8, 4) is 17.3 Å². The first-order valence-electron chi connectivity index (χ1n) is 20.8. The molecule has 0 radical (unpaired) electrons. The largest absolute Gasteiger partial charge is 0.509 e. The monoisotopic (exact) mass is 978 g/mol. The second-order valence-electron chi connectivity index (χ2n) is 18.4. The maximum Gasteiger partial charge on any atom is 0.135 e. The Hall–Kier alpha value is -5.90. The summed E-state index contributed by atoms with van der Waals surface area (Å²) in [6.45, 7) is 20.4. The van der Waals surface area contributed by atoms with Crippen LogP contribution in [-0.4, -0.2) is 9.55 Å². The number of anilines is 2. The Morgan fingerprint density at radius 3 is 1.93 bits per heavy atom. The fourth-order valence-electron chi connectivity index (χ4n) is 8.08. The van der Waals surface area contributed by atoms with Gasteiger partial charge in [0.05, 0.1) is 0 Å². The molecule has 6 heteroatoms. The summed E-state index contributed by atoms with van der Waals surface area (Å²) in [5.41, 5.74) is 11.0. The first-order valence-corrected chi connectivity index (χ1v) is 20.8. The molecule has 0 aliphatic carbocycles. The van der Waals surface area contributed by atoms with Gasteiger partial charge >= 0.3 is 0 Å². The molecule has 0 amide bonds. The van der Waals surface area contributed by atoms with E-state index >= 15 is 0 Å². The number of aromatic nitrogens is 2. The number of fused-ring (bicyclic) bond motifs is 3. The number of rotatable bonds is 8. The Bertz CT molecular complexity index is 2850. The van der Waals surface area contributed by atoms with Gasteiger partial charge in [-0.2, -0.15) is 12.1 Å². The zero-order valence-corrected chi connectivity index (χ0v) is 38.4. The van der Waals surface area contributed by atoms with Gasteiger partial charge in [-0.15, -0.1) is 48.1 Å². The van der Waals surface area contributed by atoms with Gasteiger partial charge in [0.25, 0.3) is 0 Å². The number of ether oxygens (including phenoxy) is 1. The summed E-state index contributed by atoms with van der Waals surface area (Å²) >= 11 is 0. The molecule has 1 aliphatic heterocycles. The molecule has 0 atom stereocenters. The Balaban J connectivity index is 0.00000514. The molecule has 8 aromatic rings. The van der Waals surface area contributed by atoms with Crippen LogP contribution < -0.4 is 14.5 Å². The number of hydrogen-bond donors (Lipinski definition) is 0. The van der Waals surface area contributed by atoms with E-state index in [2.05, 4.69) is 222 Å². The van der Waals surface area contributed by atoms with Crippen LogP contribution in [0.15, 0.2) is 158 Å². The van der Waals surface area contributed by atoms with Crippen molar-refractivity contribution in [3.63, 3.8) is 0 Å². The minimum absolute atomic E-state index is 0. The number of benzene rings is 6. The van der Waals surface area contributed by atoms with Gasteiger partial charge in [0.15, 0.2) is 0 Å². The Labute approximate surface area is 375 Å². The summed E-state index contributed by atoms with van der Waals surface area (Å²) in [6.07, 6.45) is 4.10. The van der Waals surface area contributed by atoms with Crippen LogP contribution in [0.2, 0.25) is 0 Å². The summed E-state index contributed by atoms with van der Waals surface area (Å²) in [7, 11) is 0. The van der Waals surface area contributed by atoms with Gasteiger partial charge in [0.2, 0.25) is 0 Å². The van der Waals surface area contributed by atoms with E-state index in [0.717, 1.165) is 50.3 Å².